The van der Waals surface area contributed by atoms with E-state index in [2.05, 4.69) is 5.32 Å². The number of halogens is 1. The number of anilines is 2. The Labute approximate surface area is 136 Å². The second-order valence-corrected chi connectivity index (χ2v) is 5.33. The van der Waals surface area contributed by atoms with E-state index in [9.17, 15) is 18.8 Å². The molecule has 2 amide bonds. The van der Waals surface area contributed by atoms with Crippen LogP contribution in [0, 0.1) is 5.82 Å². The molecule has 1 saturated heterocycles. The highest BCUT2D eigenvalue weighted by Gasteiger charge is 2.39. The minimum Gasteiger partial charge on any atom is -0.478 e. The summed E-state index contributed by atoms with van der Waals surface area (Å²) in [7, 11) is 0. The first-order valence-corrected chi connectivity index (χ1v) is 7.18. The highest BCUT2D eigenvalue weighted by atomic mass is 19.1. The summed E-state index contributed by atoms with van der Waals surface area (Å²) in [6.07, 6.45) is -0.0620. The lowest BCUT2D eigenvalue weighted by Crippen LogP contribution is -2.34. The number of hydrogen-bond acceptors (Lipinski definition) is 4. The van der Waals surface area contributed by atoms with E-state index >= 15 is 0 Å². The van der Waals surface area contributed by atoms with Crippen molar-refractivity contribution in [1.29, 1.82) is 0 Å². The number of imide groups is 1. The van der Waals surface area contributed by atoms with Gasteiger partial charge in [0, 0.05) is 5.69 Å². The molecule has 2 aromatic rings. The summed E-state index contributed by atoms with van der Waals surface area (Å²) in [5.41, 5.74) is 0.722. The fourth-order valence-corrected chi connectivity index (χ4v) is 2.54. The molecule has 0 aromatic heterocycles. The van der Waals surface area contributed by atoms with E-state index in [0.29, 0.717) is 5.69 Å². The predicted molar refractivity (Wildman–Crippen MR) is 84.3 cm³/mol. The zero-order chi connectivity index (χ0) is 17.3. The summed E-state index contributed by atoms with van der Waals surface area (Å²) in [5.74, 6) is -2.45. The lowest BCUT2D eigenvalue weighted by Gasteiger charge is -2.16. The number of hydrogen-bond donors (Lipinski definition) is 2. The Bertz CT molecular complexity index is 820. The molecule has 1 aliphatic rings. The zero-order valence-electron chi connectivity index (χ0n) is 12.4. The van der Waals surface area contributed by atoms with Gasteiger partial charge < -0.3 is 10.4 Å². The number of benzene rings is 2. The van der Waals surface area contributed by atoms with Gasteiger partial charge >= 0.3 is 5.97 Å². The number of nitrogens with zero attached hydrogens (tertiary/aromatic N) is 1. The number of amides is 2. The number of carbonyl (C=O) groups is 3. The van der Waals surface area contributed by atoms with Crippen molar-refractivity contribution in [2.75, 3.05) is 10.2 Å². The normalized spacial score (nSPS) is 17.2. The van der Waals surface area contributed by atoms with Crippen molar-refractivity contribution in [2.45, 2.75) is 12.5 Å². The van der Waals surface area contributed by atoms with E-state index in [-0.39, 0.29) is 17.7 Å². The fraction of sp³-hybridized carbons (Fsp3) is 0.118. The number of carboxylic acid groups (broad SMARTS) is 1. The molecule has 7 heteroatoms. The first-order chi connectivity index (χ1) is 11.5. The van der Waals surface area contributed by atoms with Gasteiger partial charge in [0.1, 0.15) is 11.9 Å². The molecule has 6 nitrogen and oxygen atoms in total. The third-order valence-corrected chi connectivity index (χ3v) is 3.68. The van der Waals surface area contributed by atoms with Crippen molar-refractivity contribution in [1.82, 2.24) is 0 Å². The average Bonchev–Trinajstić information content (AvgIpc) is 2.83. The number of nitrogens with one attached hydrogen (secondary N) is 1. The number of aromatic carboxylic acids is 1. The first-order valence-electron chi connectivity index (χ1n) is 7.18. The van der Waals surface area contributed by atoms with Gasteiger partial charge in [0.2, 0.25) is 5.91 Å². The first kappa shape index (κ1) is 15.7. The predicted octanol–water partition coefficient (Wildman–Crippen LogP) is 2.27. The summed E-state index contributed by atoms with van der Waals surface area (Å²) in [6.45, 7) is 0. The summed E-state index contributed by atoms with van der Waals surface area (Å²) in [4.78, 5) is 36.7. The van der Waals surface area contributed by atoms with Gasteiger partial charge in [-0.3, -0.25) is 9.59 Å². The van der Waals surface area contributed by atoms with E-state index in [4.69, 9.17) is 5.11 Å². The van der Waals surface area contributed by atoms with E-state index in [1.807, 2.05) is 0 Å². The molecule has 1 heterocycles. The van der Waals surface area contributed by atoms with Crippen LogP contribution >= 0.6 is 0 Å². The molecular weight excluding hydrogens is 315 g/mol. The maximum Gasteiger partial charge on any atom is 0.335 e. The molecule has 24 heavy (non-hydrogen) atoms. The summed E-state index contributed by atoms with van der Waals surface area (Å²) in [5, 5.41) is 11.9. The molecule has 0 spiro atoms. The van der Waals surface area contributed by atoms with Crippen LogP contribution in [-0.4, -0.2) is 28.9 Å². The van der Waals surface area contributed by atoms with Crippen LogP contribution in [0.15, 0.2) is 48.5 Å². The number of rotatable bonds is 4. The van der Waals surface area contributed by atoms with Gasteiger partial charge in [0.05, 0.1) is 17.7 Å². The Morgan fingerprint density at radius 1 is 1.17 bits per heavy atom. The van der Waals surface area contributed by atoms with Gasteiger partial charge in [-0.05, 0) is 42.5 Å². The van der Waals surface area contributed by atoms with Crippen molar-refractivity contribution < 1.29 is 23.9 Å². The van der Waals surface area contributed by atoms with Gasteiger partial charge in [0.15, 0.2) is 0 Å². The Morgan fingerprint density at radius 3 is 2.54 bits per heavy atom. The monoisotopic (exact) mass is 328 g/mol. The highest BCUT2D eigenvalue weighted by molar-refractivity contribution is 6.23. The smallest absolute Gasteiger partial charge is 0.335 e. The largest absolute Gasteiger partial charge is 0.478 e. The van der Waals surface area contributed by atoms with Crippen molar-refractivity contribution in [3.8, 4) is 0 Å². The van der Waals surface area contributed by atoms with Crippen molar-refractivity contribution >= 4 is 29.2 Å². The SMILES string of the molecule is O=C(O)c1cccc(N2C(=O)C[C@H](Nc3ccc(F)cc3)C2=O)c1. The molecule has 0 bridgehead atoms. The van der Waals surface area contributed by atoms with E-state index in [0.717, 1.165) is 4.90 Å². The molecule has 1 atom stereocenters. The quantitative estimate of drug-likeness (QED) is 0.841. The molecule has 2 aromatic carbocycles. The van der Waals surface area contributed by atoms with Crippen LogP contribution in [0.4, 0.5) is 15.8 Å². The molecule has 0 saturated carbocycles. The molecule has 1 aliphatic heterocycles. The standard InChI is InChI=1S/C17H13FN2O4/c18-11-4-6-12(7-5-11)19-14-9-15(21)20(16(14)22)13-3-1-2-10(8-13)17(23)24/h1-8,14,19H,9H2,(H,23,24)/t14-/m0/s1. The molecule has 122 valence electrons. The minimum absolute atomic E-state index is 0.0111. The molecule has 3 rings (SSSR count). The maximum atomic E-state index is 12.9. The van der Waals surface area contributed by atoms with Gasteiger partial charge in [0.25, 0.3) is 5.91 Å². The summed E-state index contributed by atoms with van der Waals surface area (Å²) in [6, 6.07) is 10.3. The number of carbonyl (C=O) groups excluding carboxylic acids is 2. The van der Waals surface area contributed by atoms with Crippen LogP contribution in [-0.2, 0) is 9.59 Å². The van der Waals surface area contributed by atoms with Gasteiger partial charge in [-0.15, -0.1) is 0 Å². The van der Waals surface area contributed by atoms with Crippen LogP contribution in [0.2, 0.25) is 0 Å². The molecule has 2 N–H and O–H groups in total. The van der Waals surface area contributed by atoms with Gasteiger partial charge in [-0.1, -0.05) is 6.07 Å². The Hall–Kier alpha value is -3.22. The topological polar surface area (TPSA) is 86.7 Å². The second kappa shape index (κ2) is 6.11. The fourth-order valence-electron chi connectivity index (χ4n) is 2.54. The second-order valence-electron chi connectivity index (χ2n) is 5.33. The molecule has 1 fully saturated rings. The Morgan fingerprint density at radius 2 is 1.88 bits per heavy atom. The Kier molecular flexibility index (Phi) is 3.99. The Balaban J connectivity index is 1.82. The molecule has 0 radical (unpaired) electrons. The van der Waals surface area contributed by atoms with Crippen LogP contribution in [0.3, 0.4) is 0 Å². The van der Waals surface area contributed by atoms with Crippen molar-refractivity contribution in [3.63, 3.8) is 0 Å². The third-order valence-electron chi connectivity index (χ3n) is 3.68. The van der Waals surface area contributed by atoms with Crippen LogP contribution in [0.25, 0.3) is 0 Å². The van der Waals surface area contributed by atoms with Crippen LogP contribution < -0.4 is 10.2 Å². The van der Waals surface area contributed by atoms with Crippen molar-refractivity contribution in [3.05, 3.63) is 59.9 Å². The van der Waals surface area contributed by atoms with Crippen molar-refractivity contribution in [2.24, 2.45) is 0 Å². The molecule has 0 aliphatic carbocycles. The lowest BCUT2D eigenvalue weighted by atomic mass is 10.2. The van der Waals surface area contributed by atoms with Gasteiger partial charge in [-0.2, -0.15) is 0 Å². The maximum absolute atomic E-state index is 12.9. The molecular formula is C17H13FN2O4. The van der Waals surface area contributed by atoms with E-state index < -0.39 is 29.6 Å². The van der Waals surface area contributed by atoms with E-state index in [1.165, 1.54) is 48.5 Å². The van der Waals surface area contributed by atoms with Crippen LogP contribution in [0.5, 0.6) is 0 Å². The van der Waals surface area contributed by atoms with Crippen LogP contribution in [0.1, 0.15) is 16.8 Å². The summed E-state index contributed by atoms with van der Waals surface area (Å²) < 4.78 is 12.9. The average molecular weight is 328 g/mol. The highest BCUT2D eigenvalue weighted by Crippen LogP contribution is 2.25. The summed E-state index contributed by atoms with van der Waals surface area (Å²) >= 11 is 0. The van der Waals surface area contributed by atoms with Gasteiger partial charge in [-0.25, -0.2) is 14.1 Å². The lowest BCUT2D eigenvalue weighted by molar-refractivity contribution is -0.121. The zero-order valence-corrected chi connectivity index (χ0v) is 12.4. The molecule has 0 unspecified atom stereocenters. The minimum atomic E-state index is -1.14. The van der Waals surface area contributed by atoms with E-state index in [1.54, 1.807) is 0 Å². The number of carboxylic acids is 1. The third kappa shape index (κ3) is 2.96.